The predicted octanol–water partition coefficient (Wildman–Crippen LogP) is 5.31. The Hall–Kier alpha value is -2.04. The molecule has 5 heteroatoms. The molecule has 0 aliphatic heterocycles. The van der Waals surface area contributed by atoms with Crippen molar-refractivity contribution in [3.8, 4) is 0 Å². The maximum Gasteiger partial charge on any atom is 0.242 e. The van der Waals surface area contributed by atoms with Crippen molar-refractivity contribution >= 4 is 38.6 Å². The van der Waals surface area contributed by atoms with E-state index in [1.165, 1.54) is 9.54 Å². The van der Waals surface area contributed by atoms with Gasteiger partial charge in [-0.1, -0.05) is 61.9 Å². The molecule has 1 aromatic heterocycles. The Kier molecular flexibility index (Phi) is 5.02. The molecule has 0 unspecified atom stereocenters. The van der Waals surface area contributed by atoms with Crippen molar-refractivity contribution < 1.29 is 8.42 Å². The van der Waals surface area contributed by atoms with Crippen molar-refractivity contribution in [1.29, 1.82) is 0 Å². The zero-order valence-corrected chi connectivity index (χ0v) is 15.8. The maximum atomic E-state index is 12.6. The Morgan fingerprint density at radius 2 is 1.80 bits per heavy atom. The van der Waals surface area contributed by atoms with E-state index < -0.39 is 10.0 Å². The lowest BCUT2D eigenvalue weighted by Crippen LogP contribution is -2.14. The first-order valence-corrected chi connectivity index (χ1v) is 10.1. The Bertz CT molecular complexity index is 1020. The minimum absolute atomic E-state index is 0.0641. The lowest BCUT2D eigenvalue weighted by Gasteiger charge is -2.06. The predicted molar refractivity (Wildman–Crippen MR) is 106 cm³/mol. The van der Waals surface area contributed by atoms with Gasteiger partial charge in [0.15, 0.2) is 0 Å². The fourth-order valence-corrected chi connectivity index (χ4v) is 4.10. The van der Waals surface area contributed by atoms with Gasteiger partial charge in [0.2, 0.25) is 10.0 Å². The SMILES string of the molecule is CC(C)c1ccc(C=CCS(=O)(=O)n2ccc3cc(Cl)ccc32)cc1. The monoisotopic (exact) mass is 373 g/mol. The van der Waals surface area contributed by atoms with Crippen molar-refractivity contribution in [2.45, 2.75) is 19.8 Å². The van der Waals surface area contributed by atoms with Crippen LogP contribution in [0.25, 0.3) is 17.0 Å². The van der Waals surface area contributed by atoms with Crippen LogP contribution in [-0.2, 0) is 10.0 Å². The highest BCUT2D eigenvalue weighted by atomic mass is 35.5. The van der Waals surface area contributed by atoms with Gasteiger partial charge in [0.1, 0.15) is 0 Å². The molecule has 2 aromatic carbocycles. The van der Waals surface area contributed by atoms with Gasteiger partial charge >= 0.3 is 0 Å². The van der Waals surface area contributed by atoms with Crippen LogP contribution in [0.3, 0.4) is 0 Å². The van der Waals surface area contributed by atoms with Crippen LogP contribution in [0, 0.1) is 0 Å². The van der Waals surface area contributed by atoms with Gasteiger partial charge in [0.05, 0.1) is 11.3 Å². The van der Waals surface area contributed by atoms with Gasteiger partial charge in [-0.2, -0.15) is 0 Å². The zero-order valence-electron chi connectivity index (χ0n) is 14.2. The van der Waals surface area contributed by atoms with E-state index in [-0.39, 0.29) is 5.75 Å². The minimum Gasteiger partial charge on any atom is -0.245 e. The maximum absolute atomic E-state index is 12.6. The van der Waals surface area contributed by atoms with Gasteiger partial charge in [-0.25, -0.2) is 12.4 Å². The molecule has 0 aliphatic carbocycles. The second-order valence-electron chi connectivity index (χ2n) is 6.32. The molecule has 0 radical (unpaired) electrons. The van der Waals surface area contributed by atoms with Crippen molar-refractivity contribution in [3.63, 3.8) is 0 Å². The van der Waals surface area contributed by atoms with Crippen molar-refractivity contribution in [2.24, 2.45) is 0 Å². The average Bonchev–Trinajstić information content (AvgIpc) is 2.99. The summed E-state index contributed by atoms with van der Waals surface area (Å²) in [6.07, 6.45) is 5.09. The van der Waals surface area contributed by atoms with Crippen molar-refractivity contribution in [3.05, 3.63) is 77.0 Å². The number of hydrogen-bond donors (Lipinski definition) is 0. The van der Waals surface area contributed by atoms with Crippen molar-refractivity contribution in [2.75, 3.05) is 5.75 Å². The summed E-state index contributed by atoms with van der Waals surface area (Å²) in [5.41, 5.74) is 2.89. The van der Waals surface area contributed by atoms with Gasteiger partial charge in [0.25, 0.3) is 0 Å². The Balaban J connectivity index is 1.79. The fourth-order valence-electron chi connectivity index (χ4n) is 2.71. The number of halogens is 1. The quantitative estimate of drug-likeness (QED) is 0.608. The molecule has 3 aromatic rings. The Labute approximate surface area is 153 Å². The number of aromatic nitrogens is 1. The Morgan fingerprint density at radius 3 is 2.48 bits per heavy atom. The van der Waals surface area contributed by atoms with E-state index in [9.17, 15) is 8.42 Å². The van der Waals surface area contributed by atoms with Crippen LogP contribution in [0.1, 0.15) is 30.9 Å². The van der Waals surface area contributed by atoms with Gasteiger partial charge in [-0.3, -0.25) is 0 Å². The summed E-state index contributed by atoms with van der Waals surface area (Å²) < 4.78 is 26.5. The first kappa shape index (κ1) is 17.8. The molecule has 0 fully saturated rings. The summed E-state index contributed by atoms with van der Waals surface area (Å²) in [4.78, 5) is 0. The lowest BCUT2D eigenvalue weighted by molar-refractivity contribution is 0.592. The molecule has 0 saturated heterocycles. The van der Waals surface area contributed by atoms with Gasteiger partial charge in [-0.05, 0) is 41.3 Å². The number of fused-ring (bicyclic) bond motifs is 1. The van der Waals surface area contributed by atoms with Crippen LogP contribution in [0.5, 0.6) is 0 Å². The zero-order chi connectivity index (χ0) is 18.0. The van der Waals surface area contributed by atoms with Gasteiger partial charge in [0, 0.05) is 16.6 Å². The first-order valence-electron chi connectivity index (χ1n) is 8.13. The van der Waals surface area contributed by atoms with Crippen LogP contribution < -0.4 is 0 Å². The van der Waals surface area contributed by atoms with Gasteiger partial charge in [-0.15, -0.1) is 0 Å². The molecule has 1 heterocycles. The first-order chi connectivity index (χ1) is 11.9. The molecule has 0 bridgehead atoms. The average molecular weight is 374 g/mol. The topological polar surface area (TPSA) is 39.1 Å². The normalized spacial score (nSPS) is 12.5. The standard InChI is InChI=1S/C20H20ClNO2S/c1-15(2)17-7-5-16(6-8-17)4-3-13-25(23,24)22-12-11-18-14-19(21)9-10-20(18)22/h3-12,14-15H,13H2,1-2H3. The molecule has 3 nitrogen and oxygen atoms in total. The molecule has 130 valence electrons. The summed E-state index contributed by atoms with van der Waals surface area (Å²) in [7, 11) is -3.46. The highest BCUT2D eigenvalue weighted by molar-refractivity contribution is 7.90. The summed E-state index contributed by atoms with van der Waals surface area (Å²) in [6.45, 7) is 4.29. The van der Waals surface area contributed by atoms with Crippen LogP contribution >= 0.6 is 11.6 Å². The molecule has 0 N–H and O–H groups in total. The molecule has 0 aliphatic rings. The number of benzene rings is 2. The molecule has 25 heavy (non-hydrogen) atoms. The highest BCUT2D eigenvalue weighted by Gasteiger charge is 2.14. The summed E-state index contributed by atoms with van der Waals surface area (Å²) in [6, 6.07) is 15.1. The summed E-state index contributed by atoms with van der Waals surface area (Å²) in [5.74, 6) is 0.416. The van der Waals surface area contributed by atoms with E-state index in [0.29, 0.717) is 16.5 Å². The molecule has 0 atom stereocenters. The highest BCUT2D eigenvalue weighted by Crippen LogP contribution is 2.22. The molecule has 0 amide bonds. The Morgan fingerprint density at radius 1 is 1.08 bits per heavy atom. The third-order valence-corrected chi connectivity index (χ3v) is 5.90. The number of hydrogen-bond acceptors (Lipinski definition) is 2. The molecular weight excluding hydrogens is 354 g/mol. The fraction of sp³-hybridized carbons (Fsp3) is 0.200. The van der Waals surface area contributed by atoms with E-state index in [1.807, 2.05) is 18.2 Å². The molecular formula is C20H20ClNO2S. The third-order valence-electron chi connectivity index (χ3n) is 4.14. The van der Waals surface area contributed by atoms with E-state index in [2.05, 4.69) is 26.0 Å². The second kappa shape index (κ2) is 7.06. The molecule has 3 rings (SSSR count). The van der Waals surface area contributed by atoms with E-state index in [0.717, 1.165) is 10.9 Å². The largest absolute Gasteiger partial charge is 0.245 e. The van der Waals surface area contributed by atoms with E-state index in [1.54, 1.807) is 36.5 Å². The second-order valence-corrected chi connectivity index (χ2v) is 8.64. The number of rotatable bonds is 5. The molecule has 0 spiro atoms. The van der Waals surface area contributed by atoms with Crippen LogP contribution in [-0.4, -0.2) is 18.1 Å². The number of nitrogens with zero attached hydrogens (tertiary/aromatic N) is 1. The van der Waals surface area contributed by atoms with Crippen LogP contribution in [0.15, 0.2) is 60.8 Å². The minimum atomic E-state index is -3.46. The van der Waals surface area contributed by atoms with Crippen LogP contribution in [0.4, 0.5) is 0 Å². The molecule has 0 saturated carbocycles. The van der Waals surface area contributed by atoms with E-state index in [4.69, 9.17) is 11.6 Å². The third kappa shape index (κ3) is 3.97. The summed E-state index contributed by atoms with van der Waals surface area (Å²) in [5, 5.41) is 1.40. The lowest BCUT2D eigenvalue weighted by atomic mass is 10.0. The van der Waals surface area contributed by atoms with E-state index >= 15 is 0 Å². The van der Waals surface area contributed by atoms with Crippen LogP contribution in [0.2, 0.25) is 5.02 Å². The van der Waals surface area contributed by atoms with Gasteiger partial charge < -0.3 is 0 Å². The van der Waals surface area contributed by atoms with Crippen molar-refractivity contribution in [1.82, 2.24) is 3.97 Å². The smallest absolute Gasteiger partial charge is 0.242 e. The summed E-state index contributed by atoms with van der Waals surface area (Å²) >= 11 is 5.95.